The molecule has 3 N–H and O–H groups in total. The largest absolute Gasteiger partial charge is 0.387 e. The molecule has 6 heteroatoms. The minimum Gasteiger partial charge on any atom is -0.387 e. The van der Waals surface area contributed by atoms with Gasteiger partial charge in [0.1, 0.15) is 6.33 Å². The highest BCUT2D eigenvalue weighted by Gasteiger charge is 2.31. The van der Waals surface area contributed by atoms with Crippen LogP contribution in [-0.4, -0.2) is 46.2 Å². The molecule has 104 valence electrons. The second-order valence-corrected chi connectivity index (χ2v) is 4.97. The fraction of sp³-hybridized carbons (Fsp3) is 0.615. The summed E-state index contributed by atoms with van der Waals surface area (Å²) in [6, 6.07) is 0. The number of β-amino-alcohol motifs (C(OH)–C–C–N with tert-alkyl or cyclic N) is 1. The first kappa shape index (κ1) is 13.9. The number of hydrogen-bond acceptors (Lipinski definition) is 5. The van der Waals surface area contributed by atoms with Crippen molar-refractivity contribution < 1.29 is 9.90 Å². The predicted octanol–water partition coefficient (Wildman–Crippen LogP) is -0.117. The standard InChI is InChI=1S/C13H20N4O2/c1-2-3-11-10(6-15-9-17-11)12(18)16-8-13(19)4-5-14-7-13/h6,9,14,19H,2-5,7-8H2,1H3,(H,16,18)/t13-/m1/s1. The van der Waals surface area contributed by atoms with Gasteiger partial charge in [0.05, 0.1) is 16.9 Å². The van der Waals surface area contributed by atoms with Gasteiger partial charge in [-0.1, -0.05) is 13.3 Å². The molecule has 0 bridgehead atoms. The van der Waals surface area contributed by atoms with Gasteiger partial charge < -0.3 is 15.7 Å². The number of rotatable bonds is 5. The van der Waals surface area contributed by atoms with E-state index in [1.54, 1.807) is 0 Å². The quantitative estimate of drug-likeness (QED) is 0.690. The zero-order chi connectivity index (χ0) is 13.7. The van der Waals surface area contributed by atoms with Crippen LogP contribution in [0.1, 0.15) is 35.8 Å². The zero-order valence-electron chi connectivity index (χ0n) is 11.1. The molecule has 1 atom stereocenters. The molecule has 2 rings (SSSR count). The van der Waals surface area contributed by atoms with Gasteiger partial charge in [-0.05, 0) is 19.4 Å². The van der Waals surface area contributed by atoms with Crippen LogP contribution in [0.5, 0.6) is 0 Å². The number of nitrogens with zero attached hydrogens (tertiary/aromatic N) is 2. The van der Waals surface area contributed by atoms with E-state index in [0.29, 0.717) is 18.5 Å². The van der Waals surface area contributed by atoms with Gasteiger partial charge in [-0.25, -0.2) is 9.97 Å². The van der Waals surface area contributed by atoms with E-state index in [1.807, 2.05) is 6.92 Å². The molecule has 1 fully saturated rings. The highest BCUT2D eigenvalue weighted by atomic mass is 16.3. The van der Waals surface area contributed by atoms with Crippen LogP contribution >= 0.6 is 0 Å². The molecule has 1 aliphatic rings. The van der Waals surface area contributed by atoms with Crippen molar-refractivity contribution in [3.8, 4) is 0 Å². The Kier molecular flexibility index (Phi) is 4.44. The third-order valence-electron chi connectivity index (χ3n) is 3.33. The monoisotopic (exact) mass is 264 g/mol. The maximum Gasteiger partial charge on any atom is 0.254 e. The summed E-state index contributed by atoms with van der Waals surface area (Å²) in [5, 5.41) is 16.0. The number of nitrogens with one attached hydrogen (secondary N) is 2. The molecule has 0 unspecified atom stereocenters. The number of hydrogen-bond donors (Lipinski definition) is 3. The third-order valence-corrected chi connectivity index (χ3v) is 3.33. The molecule has 0 spiro atoms. The van der Waals surface area contributed by atoms with Gasteiger partial charge in [-0.2, -0.15) is 0 Å². The van der Waals surface area contributed by atoms with Crippen LogP contribution in [0.15, 0.2) is 12.5 Å². The number of carbonyl (C=O) groups excluding carboxylic acids is 1. The van der Waals surface area contributed by atoms with Crippen molar-refractivity contribution in [1.29, 1.82) is 0 Å². The number of aromatic nitrogens is 2. The van der Waals surface area contributed by atoms with Gasteiger partial charge in [0, 0.05) is 19.3 Å². The highest BCUT2D eigenvalue weighted by Crippen LogP contribution is 2.13. The molecule has 2 heterocycles. The molecule has 1 saturated heterocycles. The second kappa shape index (κ2) is 6.08. The maximum absolute atomic E-state index is 12.1. The normalized spacial score (nSPS) is 22.4. The number of aryl methyl sites for hydroxylation is 1. The van der Waals surface area contributed by atoms with E-state index in [2.05, 4.69) is 20.6 Å². The summed E-state index contributed by atoms with van der Waals surface area (Å²) in [6.07, 6.45) is 5.31. The minimum absolute atomic E-state index is 0.218. The lowest BCUT2D eigenvalue weighted by Crippen LogP contribution is -2.44. The Morgan fingerprint density at radius 1 is 1.63 bits per heavy atom. The van der Waals surface area contributed by atoms with Crippen molar-refractivity contribution in [2.24, 2.45) is 0 Å². The lowest BCUT2D eigenvalue weighted by Gasteiger charge is -2.21. The summed E-state index contributed by atoms with van der Waals surface area (Å²) in [4.78, 5) is 20.2. The molecular formula is C13H20N4O2. The summed E-state index contributed by atoms with van der Waals surface area (Å²) in [5.41, 5.74) is 0.418. The molecular weight excluding hydrogens is 244 g/mol. The Labute approximate surface area is 112 Å². The van der Waals surface area contributed by atoms with Gasteiger partial charge in [0.15, 0.2) is 0 Å². The number of aliphatic hydroxyl groups is 1. The maximum atomic E-state index is 12.1. The van der Waals surface area contributed by atoms with Crippen LogP contribution in [0.3, 0.4) is 0 Å². The molecule has 1 aromatic heterocycles. The van der Waals surface area contributed by atoms with E-state index in [1.165, 1.54) is 12.5 Å². The van der Waals surface area contributed by atoms with Gasteiger partial charge in [0.2, 0.25) is 0 Å². The molecule has 0 radical (unpaired) electrons. The first-order chi connectivity index (χ1) is 9.14. The summed E-state index contributed by atoms with van der Waals surface area (Å²) in [7, 11) is 0. The zero-order valence-corrected chi connectivity index (χ0v) is 11.1. The summed E-state index contributed by atoms with van der Waals surface area (Å²) in [5.74, 6) is -0.218. The van der Waals surface area contributed by atoms with E-state index < -0.39 is 5.60 Å². The van der Waals surface area contributed by atoms with Gasteiger partial charge in [-0.3, -0.25) is 4.79 Å². The smallest absolute Gasteiger partial charge is 0.254 e. The topological polar surface area (TPSA) is 87.1 Å². The molecule has 6 nitrogen and oxygen atoms in total. The first-order valence-corrected chi connectivity index (χ1v) is 6.65. The Morgan fingerprint density at radius 2 is 2.47 bits per heavy atom. The minimum atomic E-state index is -0.837. The van der Waals surface area contributed by atoms with Crippen molar-refractivity contribution in [3.05, 3.63) is 23.8 Å². The second-order valence-electron chi connectivity index (χ2n) is 4.97. The van der Waals surface area contributed by atoms with Gasteiger partial charge in [0.25, 0.3) is 5.91 Å². The predicted molar refractivity (Wildman–Crippen MR) is 70.8 cm³/mol. The molecule has 0 saturated carbocycles. The van der Waals surface area contributed by atoms with Crippen molar-refractivity contribution in [2.45, 2.75) is 31.8 Å². The molecule has 1 amide bonds. The van der Waals surface area contributed by atoms with Crippen LogP contribution < -0.4 is 10.6 Å². The van der Waals surface area contributed by atoms with E-state index in [-0.39, 0.29) is 12.5 Å². The van der Waals surface area contributed by atoms with Crippen LogP contribution in [0.25, 0.3) is 0 Å². The van der Waals surface area contributed by atoms with Gasteiger partial charge in [-0.15, -0.1) is 0 Å². The molecule has 0 aromatic carbocycles. The first-order valence-electron chi connectivity index (χ1n) is 6.65. The summed E-state index contributed by atoms with van der Waals surface area (Å²) >= 11 is 0. The van der Waals surface area contributed by atoms with Crippen LogP contribution in [0.4, 0.5) is 0 Å². The Morgan fingerprint density at radius 3 is 3.16 bits per heavy atom. The average Bonchev–Trinajstić information content (AvgIpc) is 2.85. The van der Waals surface area contributed by atoms with Gasteiger partial charge >= 0.3 is 0 Å². The molecule has 19 heavy (non-hydrogen) atoms. The lowest BCUT2D eigenvalue weighted by molar-refractivity contribution is 0.0561. The van der Waals surface area contributed by atoms with E-state index in [4.69, 9.17) is 0 Å². The summed E-state index contributed by atoms with van der Waals surface area (Å²) in [6.45, 7) is 3.58. The number of amides is 1. The Bertz CT molecular complexity index is 444. The molecule has 1 aromatic rings. The van der Waals surface area contributed by atoms with Crippen LogP contribution in [0, 0.1) is 0 Å². The Balaban J connectivity index is 1.99. The molecule has 1 aliphatic heterocycles. The van der Waals surface area contributed by atoms with Crippen LogP contribution in [-0.2, 0) is 6.42 Å². The molecule has 0 aliphatic carbocycles. The van der Waals surface area contributed by atoms with Crippen molar-refractivity contribution >= 4 is 5.91 Å². The van der Waals surface area contributed by atoms with E-state index >= 15 is 0 Å². The van der Waals surface area contributed by atoms with Crippen LogP contribution in [0.2, 0.25) is 0 Å². The SMILES string of the molecule is CCCc1ncncc1C(=O)NC[C@@]1(O)CCNC1. The van der Waals surface area contributed by atoms with Crippen molar-refractivity contribution in [3.63, 3.8) is 0 Å². The summed E-state index contributed by atoms with van der Waals surface area (Å²) < 4.78 is 0. The fourth-order valence-electron chi connectivity index (χ4n) is 2.20. The Hall–Kier alpha value is -1.53. The average molecular weight is 264 g/mol. The van der Waals surface area contributed by atoms with E-state index in [0.717, 1.165) is 25.1 Å². The van der Waals surface area contributed by atoms with E-state index in [9.17, 15) is 9.90 Å². The fourth-order valence-corrected chi connectivity index (χ4v) is 2.20. The number of carbonyl (C=O) groups is 1. The van der Waals surface area contributed by atoms with Crippen molar-refractivity contribution in [2.75, 3.05) is 19.6 Å². The third kappa shape index (κ3) is 3.48. The lowest BCUT2D eigenvalue weighted by atomic mass is 10.0. The highest BCUT2D eigenvalue weighted by molar-refractivity contribution is 5.94. The van der Waals surface area contributed by atoms with Crippen molar-refractivity contribution in [1.82, 2.24) is 20.6 Å².